The number of sulfonamides is 1. The van der Waals surface area contributed by atoms with Crippen LogP contribution in [0.3, 0.4) is 0 Å². The maximum Gasteiger partial charge on any atom is 0.211 e. The molecule has 0 radical (unpaired) electrons. The number of hydrogen-bond donors (Lipinski definition) is 0. The second kappa shape index (κ2) is 5.97. The quantitative estimate of drug-likeness (QED) is 0.785. The average molecular weight is 308 g/mol. The minimum atomic E-state index is -3.04. The van der Waals surface area contributed by atoms with E-state index < -0.39 is 10.0 Å². The maximum absolute atomic E-state index is 11.6. The van der Waals surface area contributed by atoms with Crippen LogP contribution in [0.2, 0.25) is 0 Å². The van der Waals surface area contributed by atoms with Crippen LogP contribution in [0, 0.1) is 0 Å². The third-order valence-electron chi connectivity index (χ3n) is 4.65. The molecule has 21 heavy (non-hydrogen) atoms. The molecule has 3 rings (SSSR count). The summed E-state index contributed by atoms with van der Waals surface area (Å²) in [6, 6.07) is 6.82. The number of nitrogens with zero attached hydrogens (tertiary/aromatic N) is 2. The van der Waals surface area contributed by atoms with Crippen LogP contribution in [0.15, 0.2) is 18.2 Å². The molecule has 0 amide bonds. The van der Waals surface area contributed by atoms with Gasteiger partial charge in [0.2, 0.25) is 10.0 Å². The van der Waals surface area contributed by atoms with E-state index in [2.05, 4.69) is 23.1 Å². The lowest BCUT2D eigenvalue weighted by Crippen LogP contribution is -2.48. The summed E-state index contributed by atoms with van der Waals surface area (Å²) in [4.78, 5) is 2.31. The van der Waals surface area contributed by atoms with E-state index in [4.69, 9.17) is 0 Å². The molecule has 0 unspecified atom stereocenters. The predicted octanol–water partition coefficient (Wildman–Crippen LogP) is 2.04. The van der Waals surface area contributed by atoms with Gasteiger partial charge in [-0.2, -0.15) is 4.31 Å². The Kier molecular flexibility index (Phi) is 4.22. The second-order valence-corrected chi connectivity index (χ2v) is 8.15. The fourth-order valence-electron chi connectivity index (χ4n) is 3.37. The summed E-state index contributed by atoms with van der Waals surface area (Å²) in [5.74, 6) is 0. The molecule has 4 nitrogen and oxygen atoms in total. The molecule has 1 heterocycles. The lowest BCUT2D eigenvalue weighted by molar-refractivity contribution is 0.388. The molecule has 0 saturated carbocycles. The van der Waals surface area contributed by atoms with Gasteiger partial charge in [0.25, 0.3) is 0 Å². The topological polar surface area (TPSA) is 40.6 Å². The van der Waals surface area contributed by atoms with E-state index in [1.54, 1.807) is 4.31 Å². The van der Waals surface area contributed by atoms with Crippen LogP contribution in [-0.4, -0.2) is 45.2 Å². The van der Waals surface area contributed by atoms with Crippen molar-refractivity contribution in [3.63, 3.8) is 0 Å². The van der Waals surface area contributed by atoms with Gasteiger partial charge in [-0.3, -0.25) is 0 Å². The number of fused-ring (bicyclic) bond motifs is 1. The van der Waals surface area contributed by atoms with Gasteiger partial charge in [0.15, 0.2) is 0 Å². The van der Waals surface area contributed by atoms with Crippen molar-refractivity contribution >= 4 is 15.7 Å². The van der Waals surface area contributed by atoms with E-state index >= 15 is 0 Å². The zero-order valence-corrected chi connectivity index (χ0v) is 13.5. The monoisotopic (exact) mass is 308 g/mol. The van der Waals surface area contributed by atoms with Crippen molar-refractivity contribution in [3.8, 4) is 0 Å². The Labute approximate surface area is 127 Å². The van der Waals surface area contributed by atoms with Gasteiger partial charge in [0.05, 0.1) is 6.26 Å². The van der Waals surface area contributed by atoms with Gasteiger partial charge in [-0.15, -0.1) is 0 Å². The molecule has 0 aromatic heterocycles. The van der Waals surface area contributed by atoms with Crippen LogP contribution in [0.4, 0.5) is 5.69 Å². The highest BCUT2D eigenvalue weighted by Gasteiger charge is 2.23. The van der Waals surface area contributed by atoms with Crippen molar-refractivity contribution in [2.75, 3.05) is 37.3 Å². The van der Waals surface area contributed by atoms with Gasteiger partial charge >= 0.3 is 0 Å². The summed E-state index contributed by atoms with van der Waals surface area (Å²) in [5, 5.41) is 0. The fourth-order valence-corrected chi connectivity index (χ4v) is 4.20. The van der Waals surface area contributed by atoms with E-state index in [1.807, 2.05) is 0 Å². The van der Waals surface area contributed by atoms with Crippen LogP contribution in [0.5, 0.6) is 0 Å². The minimum absolute atomic E-state index is 0.593. The van der Waals surface area contributed by atoms with Gasteiger partial charge in [-0.05, 0) is 48.9 Å². The molecule has 2 aliphatic rings. The summed E-state index contributed by atoms with van der Waals surface area (Å²) in [7, 11) is -3.04. The Hall–Kier alpha value is -1.07. The van der Waals surface area contributed by atoms with Crippen molar-refractivity contribution < 1.29 is 8.42 Å². The summed E-state index contributed by atoms with van der Waals surface area (Å²) >= 11 is 0. The van der Waals surface area contributed by atoms with Crippen LogP contribution in [0.25, 0.3) is 0 Å². The summed E-state index contributed by atoms with van der Waals surface area (Å²) < 4.78 is 24.7. The first-order valence-electron chi connectivity index (χ1n) is 7.86. The second-order valence-electron chi connectivity index (χ2n) is 6.16. The standard InChI is InChI=1S/C16H24N2O2S/c1-21(19,20)18-11-9-17(10-12-18)16-8-7-14-5-3-2-4-6-15(14)13-16/h7-8,13H,2-6,9-12H2,1H3. The molecule has 1 aliphatic heterocycles. The molecule has 0 spiro atoms. The van der Waals surface area contributed by atoms with E-state index in [-0.39, 0.29) is 0 Å². The summed E-state index contributed by atoms with van der Waals surface area (Å²) in [6.45, 7) is 2.75. The first kappa shape index (κ1) is 14.9. The Morgan fingerprint density at radius 2 is 1.57 bits per heavy atom. The molecule has 5 heteroatoms. The molecule has 0 bridgehead atoms. The number of piperazine rings is 1. The van der Waals surface area contributed by atoms with Gasteiger partial charge in [-0.1, -0.05) is 12.5 Å². The third-order valence-corrected chi connectivity index (χ3v) is 5.96. The van der Waals surface area contributed by atoms with Crippen LogP contribution >= 0.6 is 0 Å². The fraction of sp³-hybridized carbons (Fsp3) is 0.625. The van der Waals surface area contributed by atoms with Gasteiger partial charge in [0.1, 0.15) is 0 Å². The van der Waals surface area contributed by atoms with Gasteiger partial charge in [0, 0.05) is 31.9 Å². The van der Waals surface area contributed by atoms with Crippen LogP contribution < -0.4 is 4.90 Å². The van der Waals surface area contributed by atoms with E-state index in [0.717, 1.165) is 13.1 Å². The number of anilines is 1. The van der Waals surface area contributed by atoms with Crippen LogP contribution in [-0.2, 0) is 22.9 Å². The van der Waals surface area contributed by atoms with Crippen LogP contribution in [0.1, 0.15) is 30.4 Å². The zero-order valence-electron chi connectivity index (χ0n) is 12.7. The lowest BCUT2D eigenvalue weighted by atomic mass is 10.0. The van der Waals surface area contributed by atoms with Crippen molar-refractivity contribution in [1.29, 1.82) is 0 Å². The highest BCUT2D eigenvalue weighted by molar-refractivity contribution is 7.88. The first-order chi connectivity index (χ1) is 10.0. The zero-order chi connectivity index (χ0) is 14.9. The molecule has 116 valence electrons. The molecular weight excluding hydrogens is 284 g/mol. The Bertz CT molecular complexity index is 605. The normalized spacial score (nSPS) is 20.9. The van der Waals surface area contributed by atoms with Crippen molar-refractivity contribution in [3.05, 3.63) is 29.3 Å². The predicted molar refractivity (Wildman–Crippen MR) is 86.3 cm³/mol. The molecule has 1 aliphatic carbocycles. The van der Waals surface area contributed by atoms with E-state index in [0.29, 0.717) is 13.1 Å². The first-order valence-corrected chi connectivity index (χ1v) is 9.71. The Morgan fingerprint density at radius 1 is 0.905 bits per heavy atom. The van der Waals surface area contributed by atoms with Crippen molar-refractivity contribution in [2.45, 2.75) is 32.1 Å². The molecule has 0 N–H and O–H groups in total. The van der Waals surface area contributed by atoms with Gasteiger partial charge in [-0.25, -0.2) is 8.42 Å². The Balaban J connectivity index is 1.72. The molecule has 1 saturated heterocycles. The summed E-state index contributed by atoms with van der Waals surface area (Å²) in [6.07, 6.45) is 7.61. The number of aryl methyl sites for hydroxylation is 2. The highest BCUT2D eigenvalue weighted by Crippen LogP contribution is 2.26. The lowest BCUT2D eigenvalue weighted by Gasteiger charge is -2.35. The molecule has 1 aromatic rings. The smallest absolute Gasteiger partial charge is 0.211 e. The number of benzene rings is 1. The third kappa shape index (κ3) is 3.40. The molecule has 1 aromatic carbocycles. The van der Waals surface area contributed by atoms with Gasteiger partial charge < -0.3 is 4.90 Å². The summed E-state index contributed by atoms with van der Waals surface area (Å²) in [5.41, 5.74) is 4.25. The average Bonchev–Trinajstić information content (AvgIpc) is 2.71. The maximum atomic E-state index is 11.6. The largest absolute Gasteiger partial charge is 0.369 e. The van der Waals surface area contributed by atoms with Crippen molar-refractivity contribution in [2.24, 2.45) is 0 Å². The van der Waals surface area contributed by atoms with E-state index in [9.17, 15) is 8.42 Å². The SMILES string of the molecule is CS(=O)(=O)N1CCN(c2ccc3c(c2)CCCCC3)CC1. The highest BCUT2D eigenvalue weighted by atomic mass is 32.2. The molecular formula is C16H24N2O2S. The Morgan fingerprint density at radius 3 is 2.24 bits per heavy atom. The number of rotatable bonds is 2. The molecule has 0 atom stereocenters. The number of hydrogen-bond acceptors (Lipinski definition) is 3. The van der Waals surface area contributed by atoms with E-state index in [1.165, 1.54) is 55.2 Å². The minimum Gasteiger partial charge on any atom is -0.369 e. The van der Waals surface area contributed by atoms with Crippen molar-refractivity contribution in [1.82, 2.24) is 4.31 Å². The molecule has 1 fully saturated rings.